The molecular formula is C10H6Cl2N2O. The van der Waals surface area contributed by atoms with Crippen LogP contribution in [0.2, 0.25) is 10.0 Å². The summed E-state index contributed by atoms with van der Waals surface area (Å²) in [7, 11) is 0. The van der Waals surface area contributed by atoms with Gasteiger partial charge in [-0.15, -0.1) is 0 Å². The first-order valence-electron chi connectivity index (χ1n) is 4.16. The van der Waals surface area contributed by atoms with Gasteiger partial charge in [0, 0.05) is 10.6 Å². The fourth-order valence-corrected chi connectivity index (χ4v) is 1.73. The molecule has 0 bridgehead atoms. The van der Waals surface area contributed by atoms with E-state index in [0.717, 1.165) is 0 Å². The van der Waals surface area contributed by atoms with Crippen molar-refractivity contribution in [3.05, 3.63) is 51.0 Å². The highest BCUT2D eigenvalue weighted by atomic mass is 35.5. The van der Waals surface area contributed by atoms with Crippen LogP contribution in [0.25, 0.3) is 11.3 Å². The van der Waals surface area contributed by atoms with Gasteiger partial charge in [-0.05, 0) is 18.2 Å². The monoisotopic (exact) mass is 240 g/mol. The zero-order chi connectivity index (χ0) is 10.8. The minimum Gasteiger partial charge on any atom is -0.319 e. The van der Waals surface area contributed by atoms with Crippen LogP contribution in [-0.2, 0) is 0 Å². The molecule has 5 heteroatoms. The van der Waals surface area contributed by atoms with Gasteiger partial charge in [0.25, 0.3) is 5.56 Å². The molecule has 0 saturated carbocycles. The van der Waals surface area contributed by atoms with E-state index in [1.54, 1.807) is 18.2 Å². The van der Waals surface area contributed by atoms with Crippen molar-refractivity contribution in [2.75, 3.05) is 0 Å². The highest BCUT2D eigenvalue weighted by Crippen LogP contribution is 2.27. The van der Waals surface area contributed by atoms with Crippen LogP contribution in [0.1, 0.15) is 0 Å². The molecule has 76 valence electrons. The molecule has 0 unspecified atom stereocenters. The van der Waals surface area contributed by atoms with Crippen molar-refractivity contribution in [1.29, 1.82) is 0 Å². The van der Waals surface area contributed by atoms with Crippen LogP contribution in [0.3, 0.4) is 0 Å². The molecule has 0 radical (unpaired) electrons. The summed E-state index contributed by atoms with van der Waals surface area (Å²) >= 11 is 11.7. The predicted molar refractivity (Wildman–Crippen MR) is 60.3 cm³/mol. The van der Waals surface area contributed by atoms with Gasteiger partial charge in [-0.2, -0.15) is 0 Å². The Hall–Kier alpha value is -1.32. The highest BCUT2D eigenvalue weighted by molar-refractivity contribution is 6.36. The second kappa shape index (κ2) is 4.04. The van der Waals surface area contributed by atoms with Gasteiger partial charge in [0.05, 0.1) is 23.1 Å². The van der Waals surface area contributed by atoms with Crippen LogP contribution < -0.4 is 5.56 Å². The van der Waals surface area contributed by atoms with Crippen LogP contribution >= 0.6 is 23.2 Å². The van der Waals surface area contributed by atoms with Crippen molar-refractivity contribution >= 4 is 23.2 Å². The first-order chi connectivity index (χ1) is 7.16. The summed E-state index contributed by atoms with van der Waals surface area (Å²) in [6.07, 6.45) is 2.74. The van der Waals surface area contributed by atoms with Crippen LogP contribution in [0.5, 0.6) is 0 Å². The molecule has 0 aliphatic heterocycles. The van der Waals surface area contributed by atoms with Crippen molar-refractivity contribution in [1.82, 2.24) is 9.97 Å². The quantitative estimate of drug-likeness (QED) is 0.834. The summed E-state index contributed by atoms with van der Waals surface area (Å²) in [5.41, 5.74) is 1.01. The van der Waals surface area contributed by atoms with Gasteiger partial charge in [-0.1, -0.05) is 23.2 Å². The lowest BCUT2D eigenvalue weighted by molar-refractivity contribution is 1.14. The van der Waals surface area contributed by atoms with Gasteiger partial charge in [0.2, 0.25) is 0 Å². The molecule has 3 nitrogen and oxygen atoms in total. The van der Waals surface area contributed by atoms with E-state index in [1.807, 2.05) is 0 Å². The number of nitrogens with one attached hydrogen (secondary N) is 1. The number of nitrogens with zero attached hydrogens (tertiary/aromatic N) is 1. The van der Waals surface area contributed by atoms with Crippen molar-refractivity contribution in [2.45, 2.75) is 0 Å². The van der Waals surface area contributed by atoms with Crippen molar-refractivity contribution < 1.29 is 0 Å². The van der Waals surface area contributed by atoms with E-state index >= 15 is 0 Å². The molecule has 1 heterocycles. The van der Waals surface area contributed by atoms with Crippen LogP contribution in [-0.4, -0.2) is 9.97 Å². The number of aromatic amines is 1. The Labute approximate surface area is 95.7 Å². The Morgan fingerprint density at radius 2 is 2.00 bits per heavy atom. The molecule has 0 spiro atoms. The average molecular weight is 241 g/mol. The Kier molecular flexibility index (Phi) is 2.75. The van der Waals surface area contributed by atoms with Crippen molar-refractivity contribution in [2.24, 2.45) is 0 Å². The standard InChI is InChI=1S/C10H6Cl2N2O/c11-6-1-2-7(8(12)3-6)9-4-13-5-10(15)14-9/h1-5H,(H,14,15). The number of benzene rings is 1. The third-order valence-corrected chi connectivity index (χ3v) is 2.42. The maximum atomic E-state index is 11.1. The molecule has 2 aromatic rings. The van der Waals surface area contributed by atoms with E-state index in [1.165, 1.54) is 12.4 Å². The topological polar surface area (TPSA) is 45.8 Å². The van der Waals surface area contributed by atoms with Gasteiger partial charge in [0.15, 0.2) is 0 Å². The van der Waals surface area contributed by atoms with E-state index in [4.69, 9.17) is 23.2 Å². The fourth-order valence-electron chi connectivity index (χ4n) is 1.22. The third-order valence-electron chi connectivity index (χ3n) is 1.87. The zero-order valence-electron chi connectivity index (χ0n) is 7.50. The highest BCUT2D eigenvalue weighted by Gasteiger charge is 2.04. The second-order valence-electron chi connectivity index (χ2n) is 2.93. The van der Waals surface area contributed by atoms with E-state index in [-0.39, 0.29) is 5.56 Å². The second-order valence-corrected chi connectivity index (χ2v) is 3.78. The molecule has 1 aromatic heterocycles. The molecule has 0 amide bonds. The number of H-pyrrole nitrogens is 1. The van der Waals surface area contributed by atoms with Gasteiger partial charge >= 0.3 is 0 Å². The van der Waals surface area contributed by atoms with Gasteiger partial charge < -0.3 is 4.98 Å². The summed E-state index contributed by atoms with van der Waals surface area (Å²) < 4.78 is 0. The lowest BCUT2D eigenvalue weighted by atomic mass is 10.1. The fraction of sp³-hybridized carbons (Fsp3) is 0. The van der Waals surface area contributed by atoms with Gasteiger partial charge in [-0.25, -0.2) is 0 Å². The lowest BCUT2D eigenvalue weighted by Crippen LogP contribution is -2.05. The number of hydrogen-bond donors (Lipinski definition) is 1. The van der Waals surface area contributed by atoms with E-state index in [9.17, 15) is 4.79 Å². The predicted octanol–water partition coefficient (Wildman–Crippen LogP) is 2.74. The molecule has 0 saturated heterocycles. The average Bonchev–Trinajstić information content (AvgIpc) is 2.17. The Bertz CT molecular complexity index is 551. The van der Waals surface area contributed by atoms with Crippen LogP contribution in [0.4, 0.5) is 0 Å². The lowest BCUT2D eigenvalue weighted by Gasteiger charge is -2.03. The molecule has 0 aliphatic rings. The Balaban J connectivity index is 2.59. The first kappa shape index (κ1) is 10.2. The van der Waals surface area contributed by atoms with Crippen LogP contribution in [0, 0.1) is 0 Å². The molecule has 0 atom stereocenters. The number of aromatic nitrogens is 2. The molecule has 0 fully saturated rings. The first-order valence-corrected chi connectivity index (χ1v) is 4.92. The number of halogens is 2. The van der Waals surface area contributed by atoms with E-state index < -0.39 is 0 Å². The normalized spacial score (nSPS) is 10.3. The summed E-state index contributed by atoms with van der Waals surface area (Å²) in [6.45, 7) is 0. The minimum atomic E-state index is -0.265. The molecule has 1 N–H and O–H groups in total. The van der Waals surface area contributed by atoms with Crippen molar-refractivity contribution in [3.8, 4) is 11.3 Å². The van der Waals surface area contributed by atoms with Gasteiger partial charge in [0.1, 0.15) is 0 Å². The Morgan fingerprint density at radius 3 is 2.67 bits per heavy atom. The molecular weight excluding hydrogens is 235 g/mol. The maximum Gasteiger partial charge on any atom is 0.266 e. The van der Waals surface area contributed by atoms with Crippen molar-refractivity contribution in [3.63, 3.8) is 0 Å². The van der Waals surface area contributed by atoms with Gasteiger partial charge in [-0.3, -0.25) is 9.78 Å². The third kappa shape index (κ3) is 2.19. The summed E-state index contributed by atoms with van der Waals surface area (Å²) in [4.78, 5) is 17.5. The molecule has 0 aliphatic carbocycles. The number of rotatable bonds is 1. The largest absolute Gasteiger partial charge is 0.319 e. The Morgan fingerprint density at radius 1 is 1.20 bits per heavy atom. The van der Waals surface area contributed by atoms with E-state index in [0.29, 0.717) is 21.3 Å². The molecule has 2 rings (SSSR count). The summed E-state index contributed by atoms with van der Waals surface area (Å²) in [5.74, 6) is 0. The maximum absolute atomic E-state index is 11.1. The summed E-state index contributed by atoms with van der Waals surface area (Å²) in [6, 6.07) is 5.05. The SMILES string of the molecule is O=c1cncc(-c2ccc(Cl)cc2Cl)[nH]1. The smallest absolute Gasteiger partial charge is 0.266 e. The minimum absolute atomic E-state index is 0.265. The molecule has 15 heavy (non-hydrogen) atoms. The van der Waals surface area contributed by atoms with E-state index in [2.05, 4.69) is 9.97 Å². The summed E-state index contributed by atoms with van der Waals surface area (Å²) in [5, 5.41) is 1.03. The van der Waals surface area contributed by atoms with Crippen LogP contribution in [0.15, 0.2) is 35.4 Å². The molecule has 1 aromatic carbocycles. The zero-order valence-corrected chi connectivity index (χ0v) is 9.01. The number of hydrogen-bond acceptors (Lipinski definition) is 2.